The summed E-state index contributed by atoms with van der Waals surface area (Å²) in [6, 6.07) is 1.55. The molecule has 1 saturated carbocycles. The molecule has 1 aliphatic heterocycles. The molecule has 2 N–H and O–H groups in total. The molecule has 0 spiro atoms. The maximum Gasteiger partial charge on any atom is 0.0221 e. The van der Waals surface area contributed by atoms with Gasteiger partial charge in [-0.1, -0.05) is 39.0 Å². The first-order valence-electron chi connectivity index (χ1n) is 8.32. The zero-order chi connectivity index (χ0) is 12.8. The highest BCUT2D eigenvalue weighted by molar-refractivity contribution is 4.90. The number of fused-ring (bicyclic) bond motifs is 1. The number of hydrogen-bond donors (Lipinski definition) is 1. The molecule has 2 aliphatic rings. The van der Waals surface area contributed by atoms with E-state index in [1.54, 1.807) is 0 Å². The largest absolute Gasteiger partial charge is 0.329 e. The number of nitrogens with zero attached hydrogens (tertiary/aromatic N) is 1. The lowest BCUT2D eigenvalue weighted by atomic mass is 9.77. The Bertz CT molecular complexity index is 227. The quantitative estimate of drug-likeness (QED) is 0.733. The third-order valence-corrected chi connectivity index (χ3v) is 5.17. The molecule has 106 valence electrons. The van der Waals surface area contributed by atoms with Gasteiger partial charge in [0, 0.05) is 18.6 Å². The molecular formula is C16H32N2. The molecule has 0 aromatic rings. The SMILES string of the molecule is CCCCCC(CN)N1CCC[C@H]2CCCC[C@H]21. The molecule has 18 heavy (non-hydrogen) atoms. The topological polar surface area (TPSA) is 29.3 Å². The second-order valence-electron chi connectivity index (χ2n) is 6.38. The third kappa shape index (κ3) is 3.48. The first-order valence-corrected chi connectivity index (χ1v) is 8.32. The number of piperidine rings is 1. The Morgan fingerprint density at radius 3 is 2.67 bits per heavy atom. The molecule has 3 atom stereocenters. The molecule has 1 aliphatic carbocycles. The average molecular weight is 252 g/mol. The highest BCUT2D eigenvalue weighted by atomic mass is 15.2. The van der Waals surface area contributed by atoms with Gasteiger partial charge >= 0.3 is 0 Å². The fourth-order valence-corrected chi connectivity index (χ4v) is 4.17. The molecule has 0 bridgehead atoms. The Balaban J connectivity index is 1.90. The molecule has 2 nitrogen and oxygen atoms in total. The van der Waals surface area contributed by atoms with Gasteiger partial charge in [-0.25, -0.2) is 0 Å². The lowest BCUT2D eigenvalue weighted by molar-refractivity contribution is 0.0248. The van der Waals surface area contributed by atoms with E-state index in [-0.39, 0.29) is 0 Å². The molecule has 2 rings (SSSR count). The van der Waals surface area contributed by atoms with Gasteiger partial charge in [0.15, 0.2) is 0 Å². The molecular weight excluding hydrogens is 220 g/mol. The van der Waals surface area contributed by atoms with E-state index in [1.165, 1.54) is 70.8 Å². The van der Waals surface area contributed by atoms with Crippen LogP contribution in [0.1, 0.15) is 71.1 Å². The summed E-state index contributed by atoms with van der Waals surface area (Å²) in [7, 11) is 0. The molecule has 0 aromatic carbocycles. The van der Waals surface area contributed by atoms with Gasteiger partial charge in [-0.3, -0.25) is 4.90 Å². The summed E-state index contributed by atoms with van der Waals surface area (Å²) in [6.07, 6.45) is 14.1. The van der Waals surface area contributed by atoms with Gasteiger partial charge in [-0.15, -0.1) is 0 Å². The van der Waals surface area contributed by atoms with E-state index in [0.717, 1.165) is 18.5 Å². The summed E-state index contributed by atoms with van der Waals surface area (Å²) in [5, 5.41) is 0. The minimum Gasteiger partial charge on any atom is -0.329 e. The summed E-state index contributed by atoms with van der Waals surface area (Å²) >= 11 is 0. The number of likely N-dealkylation sites (tertiary alicyclic amines) is 1. The molecule has 0 radical (unpaired) electrons. The van der Waals surface area contributed by atoms with Crippen LogP contribution in [0.4, 0.5) is 0 Å². The zero-order valence-electron chi connectivity index (χ0n) is 12.2. The van der Waals surface area contributed by atoms with Crippen molar-refractivity contribution in [3.63, 3.8) is 0 Å². The molecule has 1 unspecified atom stereocenters. The lowest BCUT2D eigenvalue weighted by Gasteiger charge is -2.47. The van der Waals surface area contributed by atoms with Crippen LogP contribution < -0.4 is 5.73 Å². The smallest absolute Gasteiger partial charge is 0.0221 e. The summed E-state index contributed by atoms with van der Waals surface area (Å²) in [4.78, 5) is 2.81. The van der Waals surface area contributed by atoms with Crippen molar-refractivity contribution in [2.45, 2.75) is 83.2 Å². The van der Waals surface area contributed by atoms with Gasteiger partial charge in [-0.2, -0.15) is 0 Å². The van der Waals surface area contributed by atoms with E-state index < -0.39 is 0 Å². The average Bonchev–Trinajstić information content (AvgIpc) is 2.43. The summed E-state index contributed by atoms with van der Waals surface area (Å²) in [5.41, 5.74) is 6.07. The van der Waals surface area contributed by atoms with Gasteiger partial charge in [-0.05, 0) is 44.6 Å². The second-order valence-corrected chi connectivity index (χ2v) is 6.38. The summed E-state index contributed by atoms with van der Waals surface area (Å²) in [5.74, 6) is 0.993. The normalized spacial score (nSPS) is 31.0. The van der Waals surface area contributed by atoms with Crippen molar-refractivity contribution in [2.24, 2.45) is 11.7 Å². The first kappa shape index (κ1) is 14.3. The predicted molar refractivity (Wildman–Crippen MR) is 78.7 cm³/mol. The summed E-state index contributed by atoms with van der Waals surface area (Å²) < 4.78 is 0. The van der Waals surface area contributed by atoms with Crippen molar-refractivity contribution in [1.82, 2.24) is 4.90 Å². The number of hydrogen-bond acceptors (Lipinski definition) is 2. The van der Waals surface area contributed by atoms with E-state index in [1.807, 2.05) is 0 Å². The van der Waals surface area contributed by atoms with Gasteiger partial charge in [0.2, 0.25) is 0 Å². The standard InChI is InChI=1S/C16H32N2/c1-2-3-4-10-15(13-17)18-12-7-9-14-8-5-6-11-16(14)18/h14-16H,2-13,17H2,1H3/t14-,15?,16-/m1/s1. The van der Waals surface area contributed by atoms with E-state index in [2.05, 4.69) is 11.8 Å². The first-order chi connectivity index (χ1) is 8.86. The van der Waals surface area contributed by atoms with Crippen LogP contribution >= 0.6 is 0 Å². The van der Waals surface area contributed by atoms with E-state index in [0.29, 0.717) is 6.04 Å². The Hall–Kier alpha value is -0.0800. The van der Waals surface area contributed by atoms with Crippen LogP contribution in [0.3, 0.4) is 0 Å². The Kier molecular flexibility index (Phi) is 5.97. The minimum atomic E-state index is 0.669. The molecule has 0 aromatic heterocycles. The van der Waals surface area contributed by atoms with E-state index in [9.17, 15) is 0 Å². The van der Waals surface area contributed by atoms with Crippen LogP contribution in [0.15, 0.2) is 0 Å². The monoisotopic (exact) mass is 252 g/mol. The highest BCUT2D eigenvalue weighted by Crippen LogP contribution is 2.36. The predicted octanol–water partition coefficient (Wildman–Crippen LogP) is 3.55. The molecule has 0 amide bonds. The van der Waals surface area contributed by atoms with Crippen molar-refractivity contribution < 1.29 is 0 Å². The molecule has 1 saturated heterocycles. The van der Waals surface area contributed by atoms with Crippen molar-refractivity contribution in [3.8, 4) is 0 Å². The van der Waals surface area contributed by atoms with Gasteiger partial charge < -0.3 is 5.73 Å². The third-order valence-electron chi connectivity index (χ3n) is 5.17. The van der Waals surface area contributed by atoms with E-state index >= 15 is 0 Å². The maximum atomic E-state index is 6.07. The Morgan fingerprint density at radius 2 is 1.89 bits per heavy atom. The fourth-order valence-electron chi connectivity index (χ4n) is 4.17. The lowest BCUT2D eigenvalue weighted by Crippen LogP contribution is -2.53. The van der Waals surface area contributed by atoms with Gasteiger partial charge in [0.25, 0.3) is 0 Å². The minimum absolute atomic E-state index is 0.669. The van der Waals surface area contributed by atoms with Crippen LogP contribution in [0.5, 0.6) is 0 Å². The molecule has 1 heterocycles. The van der Waals surface area contributed by atoms with Crippen LogP contribution in [0.25, 0.3) is 0 Å². The molecule has 2 heteroatoms. The van der Waals surface area contributed by atoms with Crippen LogP contribution in [-0.2, 0) is 0 Å². The number of rotatable bonds is 6. The van der Waals surface area contributed by atoms with Crippen LogP contribution in [0.2, 0.25) is 0 Å². The van der Waals surface area contributed by atoms with Crippen molar-refractivity contribution in [1.29, 1.82) is 0 Å². The van der Waals surface area contributed by atoms with E-state index in [4.69, 9.17) is 5.73 Å². The van der Waals surface area contributed by atoms with Crippen molar-refractivity contribution >= 4 is 0 Å². The second kappa shape index (κ2) is 7.49. The Morgan fingerprint density at radius 1 is 1.11 bits per heavy atom. The highest BCUT2D eigenvalue weighted by Gasteiger charge is 2.35. The fraction of sp³-hybridized carbons (Fsp3) is 1.00. The van der Waals surface area contributed by atoms with Crippen LogP contribution in [-0.4, -0.2) is 30.1 Å². The van der Waals surface area contributed by atoms with Crippen molar-refractivity contribution in [2.75, 3.05) is 13.1 Å². The zero-order valence-corrected chi connectivity index (χ0v) is 12.2. The number of unbranched alkanes of at least 4 members (excludes halogenated alkanes) is 2. The number of nitrogens with two attached hydrogens (primary N) is 1. The summed E-state index contributed by atoms with van der Waals surface area (Å²) in [6.45, 7) is 4.47. The maximum absolute atomic E-state index is 6.07. The van der Waals surface area contributed by atoms with Gasteiger partial charge in [0.1, 0.15) is 0 Å². The van der Waals surface area contributed by atoms with Gasteiger partial charge in [0.05, 0.1) is 0 Å². The van der Waals surface area contributed by atoms with Crippen LogP contribution in [0, 0.1) is 5.92 Å². The Labute approximate surface area is 113 Å². The van der Waals surface area contributed by atoms with Crippen molar-refractivity contribution in [3.05, 3.63) is 0 Å². The molecule has 2 fully saturated rings.